The molecular weight excluding hydrogens is 394 g/mol. The largest absolute Gasteiger partial charge is 0.366 e. The van der Waals surface area contributed by atoms with Gasteiger partial charge in [-0.3, -0.25) is 9.48 Å². The SMILES string of the molecule is Cn1ncc(CO[C@H]2CNCC2(F)F)c1-c1ccn2nc(NC(=O)C3CC3)cc2c1. The fraction of sp³-hybridized carbons (Fsp3) is 0.450. The number of rotatable bonds is 6. The lowest BCUT2D eigenvalue weighted by Gasteiger charge is -2.18. The van der Waals surface area contributed by atoms with E-state index in [9.17, 15) is 13.6 Å². The molecule has 2 N–H and O–H groups in total. The molecule has 1 amide bonds. The Morgan fingerprint density at radius 3 is 2.97 bits per heavy atom. The number of halogens is 2. The van der Waals surface area contributed by atoms with Crippen molar-refractivity contribution in [2.24, 2.45) is 13.0 Å². The van der Waals surface area contributed by atoms with Crippen LogP contribution in [0.4, 0.5) is 14.6 Å². The van der Waals surface area contributed by atoms with Crippen LogP contribution >= 0.6 is 0 Å². The van der Waals surface area contributed by atoms with Crippen LogP contribution in [0.5, 0.6) is 0 Å². The summed E-state index contributed by atoms with van der Waals surface area (Å²) in [6, 6.07) is 5.60. The van der Waals surface area contributed by atoms with E-state index in [0.717, 1.165) is 35.2 Å². The minimum Gasteiger partial charge on any atom is -0.366 e. The molecule has 4 heterocycles. The number of carbonyl (C=O) groups excluding carboxylic acids is 1. The Hall–Kier alpha value is -2.85. The molecule has 8 nitrogen and oxygen atoms in total. The number of carbonyl (C=O) groups is 1. The van der Waals surface area contributed by atoms with Crippen LogP contribution in [0.15, 0.2) is 30.6 Å². The van der Waals surface area contributed by atoms with Crippen molar-refractivity contribution < 1.29 is 18.3 Å². The van der Waals surface area contributed by atoms with Crippen LogP contribution < -0.4 is 10.6 Å². The summed E-state index contributed by atoms with van der Waals surface area (Å²) in [5, 5.41) is 14.2. The second-order valence-electron chi connectivity index (χ2n) is 7.91. The number of alkyl halides is 2. The van der Waals surface area contributed by atoms with Crippen molar-refractivity contribution in [1.82, 2.24) is 24.7 Å². The topological polar surface area (TPSA) is 85.5 Å². The predicted molar refractivity (Wildman–Crippen MR) is 105 cm³/mol. The normalized spacial score (nSPS) is 20.7. The molecule has 1 saturated heterocycles. The third-order valence-corrected chi connectivity index (χ3v) is 5.55. The van der Waals surface area contributed by atoms with E-state index in [-0.39, 0.29) is 31.5 Å². The summed E-state index contributed by atoms with van der Waals surface area (Å²) in [7, 11) is 1.80. The summed E-state index contributed by atoms with van der Waals surface area (Å²) < 4.78 is 36.5. The maximum Gasteiger partial charge on any atom is 0.287 e. The first-order valence-corrected chi connectivity index (χ1v) is 9.92. The molecule has 5 rings (SSSR count). The molecule has 1 aliphatic carbocycles. The van der Waals surface area contributed by atoms with Crippen molar-refractivity contribution in [2.75, 3.05) is 18.4 Å². The number of hydrogen-bond donors (Lipinski definition) is 2. The summed E-state index contributed by atoms with van der Waals surface area (Å²) in [5.41, 5.74) is 3.18. The summed E-state index contributed by atoms with van der Waals surface area (Å²) in [6.45, 7) is -0.201. The van der Waals surface area contributed by atoms with Gasteiger partial charge in [0.05, 0.1) is 30.6 Å². The number of nitrogens with one attached hydrogen (secondary N) is 2. The summed E-state index contributed by atoms with van der Waals surface area (Å²) in [4.78, 5) is 12.0. The quantitative estimate of drug-likeness (QED) is 0.644. The third kappa shape index (κ3) is 3.56. The zero-order valence-electron chi connectivity index (χ0n) is 16.4. The van der Waals surface area contributed by atoms with Gasteiger partial charge in [-0.05, 0) is 25.0 Å². The van der Waals surface area contributed by atoms with Crippen LogP contribution in [0, 0.1) is 5.92 Å². The number of hydrogen-bond acceptors (Lipinski definition) is 5. The molecular formula is C20H22F2N6O2. The highest BCUT2D eigenvalue weighted by atomic mass is 19.3. The minimum absolute atomic E-state index is 0.00269. The number of amides is 1. The van der Waals surface area contributed by atoms with Gasteiger partial charge in [0.25, 0.3) is 5.92 Å². The summed E-state index contributed by atoms with van der Waals surface area (Å²) in [6.07, 6.45) is 4.14. The molecule has 3 aromatic heterocycles. The van der Waals surface area contributed by atoms with Gasteiger partial charge in [-0.2, -0.15) is 10.2 Å². The Balaban J connectivity index is 1.38. The van der Waals surface area contributed by atoms with E-state index < -0.39 is 12.0 Å². The summed E-state index contributed by atoms with van der Waals surface area (Å²) in [5.74, 6) is -2.26. The Bertz CT molecular complexity index is 1100. The average molecular weight is 416 g/mol. The molecule has 3 aromatic rings. The van der Waals surface area contributed by atoms with Gasteiger partial charge in [0.15, 0.2) is 5.82 Å². The Morgan fingerprint density at radius 1 is 1.40 bits per heavy atom. The van der Waals surface area contributed by atoms with E-state index in [1.54, 1.807) is 34.7 Å². The number of aryl methyl sites for hydroxylation is 1. The van der Waals surface area contributed by atoms with Crippen molar-refractivity contribution in [3.05, 3.63) is 36.2 Å². The van der Waals surface area contributed by atoms with Gasteiger partial charge in [0.1, 0.15) is 6.10 Å². The Labute approximate surface area is 171 Å². The lowest BCUT2D eigenvalue weighted by molar-refractivity contribution is -0.117. The first-order chi connectivity index (χ1) is 14.4. The standard InChI is InChI=1S/C20H22F2N6O2/c1-27-18(14(8-24-27)10-30-16-9-23-11-20(16,21)22)13-4-5-28-15(6-13)7-17(26-28)25-19(29)12-2-3-12/h4-8,12,16,23H,2-3,9-11H2,1H3,(H,25,26,29)/t16-/m0/s1. The molecule has 0 aromatic carbocycles. The van der Waals surface area contributed by atoms with Gasteiger partial charge in [-0.1, -0.05) is 0 Å². The van der Waals surface area contributed by atoms with Gasteiger partial charge >= 0.3 is 0 Å². The molecule has 2 aliphatic rings. The molecule has 2 fully saturated rings. The second kappa shape index (κ2) is 7.13. The zero-order chi connectivity index (χ0) is 20.9. The number of fused-ring (bicyclic) bond motifs is 1. The molecule has 0 radical (unpaired) electrons. The van der Waals surface area contributed by atoms with E-state index in [1.807, 2.05) is 12.1 Å². The van der Waals surface area contributed by atoms with Gasteiger partial charge in [-0.15, -0.1) is 0 Å². The van der Waals surface area contributed by atoms with E-state index in [0.29, 0.717) is 5.82 Å². The third-order valence-electron chi connectivity index (χ3n) is 5.55. The van der Waals surface area contributed by atoms with Crippen molar-refractivity contribution >= 4 is 17.2 Å². The van der Waals surface area contributed by atoms with Crippen LogP contribution in [0.3, 0.4) is 0 Å². The fourth-order valence-corrected chi connectivity index (χ4v) is 3.74. The van der Waals surface area contributed by atoms with Crippen LogP contribution in [0.1, 0.15) is 18.4 Å². The maximum atomic E-state index is 13.8. The van der Waals surface area contributed by atoms with Crippen molar-refractivity contribution in [3.8, 4) is 11.3 Å². The predicted octanol–water partition coefficient (Wildman–Crippen LogP) is 2.21. The van der Waals surface area contributed by atoms with Gasteiger partial charge in [0, 0.05) is 42.9 Å². The Morgan fingerprint density at radius 2 is 2.23 bits per heavy atom. The molecule has 1 saturated carbocycles. The monoisotopic (exact) mass is 416 g/mol. The smallest absolute Gasteiger partial charge is 0.287 e. The molecule has 0 bridgehead atoms. The lowest BCUT2D eigenvalue weighted by Crippen LogP contribution is -2.33. The number of pyridine rings is 1. The number of ether oxygens (including phenoxy) is 1. The molecule has 1 aliphatic heterocycles. The average Bonchev–Trinajstić information content (AvgIpc) is 3.27. The Kier molecular flexibility index (Phi) is 4.55. The van der Waals surface area contributed by atoms with E-state index in [1.165, 1.54) is 0 Å². The van der Waals surface area contributed by atoms with Gasteiger partial charge in [-0.25, -0.2) is 13.3 Å². The van der Waals surface area contributed by atoms with Crippen molar-refractivity contribution in [3.63, 3.8) is 0 Å². The highest BCUT2D eigenvalue weighted by molar-refractivity contribution is 5.93. The van der Waals surface area contributed by atoms with E-state index >= 15 is 0 Å². The molecule has 158 valence electrons. The van der Waals surface area contributed by atoms with E-state index in [2.05, 4.69) is 20.8 Å². The van der Waals surface area contributed by atoms with Crippen LogP contribution in [-0.4, -0.2) is 50.4 Å². The van der Waals surface area contributed by atoms with Crippen LogP contribution in [0.2, 0.25) is 0 Å². The number of anilines is 1. The van der Waals surface area contributed by atoms with Crippen LogP contribution in [-0.2, 0) is 23.2 Å². The molecule has 0 spiro atoms. The minimum atomic E-state index is -2.87. The number of aromatic nitrogens is 4. The first kappa shape index (κ1) is 19.1. The van der Waals surface area contributed by atoms with Crippen molar-refractivity contribution in [1.29, 1.82) is 0 Å². The highest BCUT2D eigenvalue weighted by Crippen LogP contribution is 2.31. The van der Waals surface area contributed by atoms with Crippen LogP contribution in [0.25, 0.3) is 16.8 Å². The van der Waals surface area contributed by atoms with Gasteiger partial charge in [0.2, 0.25) is 5.91 Å². The van der Waals surface area contributed by atoms with E-state index in [4.69, 9.17) is 4.74 Å². The molecule has 30 heavy (non-hydrogen) atoms. The number of nitrogens with zero attached hydrogens (tertiary/aromatic N) is 4. The molecule has 10 heteroatoms. The highest BCUT2D eigenvalue weighted by Gasteiger charge is 2.45. The van der Waals surface area contributed by atoms with Gasteiger partial charge < -0.3 is 15.4 Å². The molecule has 0 unspecified atom stereocenters. The maximum absolute atomic E-state index is 13.8. The second-order valence-corrected chi connectivity index (χ2v) is 7.91. The fourth-order valence-electron chi connectivity index (χ4n) is 3.74. The van der Waals surface area contributed by atoms with Crippen molar-refractivity contribution in [2.45, 2.75) is 31.5 Å². The lowest BCUT2D eigenvalue weighted by atomic mass is 10.1. The summed E-state index contributed by atoms with van der Waals surface area (Å²) >= 11 is 0. The first-order valence-electron chi connectivity index (χ1n) is 9.92. The molecule has 1 atom stereocenters. The zero-order valence-corrected chi connectivity index (χ0v) is 16.4.